The Bertz CT molecular complexity index is 542. The van der Waals surface area contributed by atoms with Gasteiger partial charge in [-0.05, 0) is 37.3 Å². The molecule has 0 amide bonds. The quantitative estimate of drug-likeness (QED) is 0.920. The molecule has 2 aromatic rings. The third kappa shape index (κ3) is 3.46. The lowest BCUT2D eigenvalue weighted by atomic mass is 10.0. The highest BCUT2D eigenvalue weighted by atomic mass is 35.5. The second-order valence-corrected chi connectivity index (χ2v) is 4.78. The number of nitrogens with two attached hydrogens (primary N) is 1. The van der Waals surface area contributed by atoms with Crippen molar-refractivity contribution in [2.24, 2.45) is 5.73 Å². The zero-order valence-corrected chi connectivity index (χ0v) is 11.3. The van der Waals surface area contributed by atoms with Crippen LogP contribution >= 0.6 is 11.6 Å². The van der Waals surface area contributed by atoms with Crippen molar-refractivity contribution in [3.05, 3.63) is 64.9 Å². The van der Waals surface area contributed by atoms with Gasteiger partial charge in [-0.25, -0.2) is 4.39 Å². The molecule has 100 valence electrons. The first kappa shape index (κ1) is 13.8. The standard InChI is InChI=1S/C15H15ClFNO/c1-10(18)15(13-4-2-3-5-14(13)16)19-12-8-6-11(17)7-9-12/h2-10,15H,18H2,1H3. The Morgan fingerprint density at radius 1 is 1.11 bits per heavy atom. The summed E-state index contributed by atoms with van der Waals surface area (Å²) in [6, 6.07) is 13.0. The van der Waals surface area contributed by atoms with E-state index in [1.165, 1.54) is 12.1 Å². The molecule has 2 rings (SSSR count). The number of ether oxygens (including phenoxy) is 1. The molecule has 2 N–H and O–H groups in total. The third-order valence-electron chi connectivity index (χ3n) is 2.77. The number of hydrogen-bond acceptors (Lipinski definition) is 2. The minimum absolute atomic E-state index is 0.245. The van der Waals surface area contributed by atoms with Crippen molar-refractivity contribution in [2.45, 2.75) is 19.1 Å². The van der Waals surface area contributed by atoms with Gasteiger partial charge in [0.25, 0.3) is 0 Å². The summed E-state index contributed by atoms with van der Waals surface area (Å²) in [5, 5.41) is 0.604. The summed E-state index contributed by atoms with van der Waals surface area (Å²) in [5.41, 5.74) is 6.78. The fourth-order valence-corrected chi connectivity index (χ4v) is 2.06. The van der Waals surface area contributed by atoms with E-state index in [4.69, 9.17) is 22.1 Å². The van der Waals surface area contributed by atoms with Crippen LogP contribution in [-0.2, 0) is 0 Å². The average molecular weight is 280 g/mol. The van der Waals surface area contributed by atoms with Crippen molar-refractivity contribution in [1.82, 2.24) is 0 Å². The highest BCUT2D eigenvalue weighted by Crippen LogP contribution is 2.29. The molecule has 0 spiro atoms. The van der Waals surface area contributed by atoms with Crippen LogP contribution in [0.4, 0.5) is 4.39 Å². The van der Waals surface area contributed by atoms with Crippen molar-refractivity contribution in [3.63, 3.8) is 0 Å². The summed E-state index contributed by atoms with van der Waals surface area (Å²) in [5.74, 6) is 0.256. The second kappa shape index (κ2) is 6.04. The summed E-state index contributed by atoms with van der Waals surface area (Å²) >= 11 is 6.16. The van der Waals surface area contributed by atoms with Gasteiger partial charge in [0.15, 0.2) is 0 Å². The second-order valence-electron chi connectivity index (χ2n) is 4.37. The molecule has 0 heterocycles. The number of halogens is 2. The fraction of sp³-hybridized carbons (Fsp3) is 0.200. The molecule has 0 aliphatic heterocycles. The van der Waals surface area contributed by atoms with Gasteiger partial charge in [0.05, 0.1) is 0 Å². The summed E-state index contributed by atoms with van der Waals surface area (Å²) in [7, 11) is 0. The molecule has 0 radical (unpaired) electrons. The van der Waals surface area contributed by atoms with E-state index in [1.54, 1.807) is 18.2 Å². The van der Waals surface area contributed by atoms with E-state index < -0.39 is 0 Å². The predicted octanol–water partition coefficient (Wildman–Crippen LogP) is 3.95. The van der Waals surface area contributed by atoms with E-state index in [9.17, 15) is 4.39 Å². The predicted molar refractivity (Wildman–Crippen MR) is 74.9 cm³/mol. The molecule has 2 nitrogen and oxygen atoms in total. The van der Waals surface area contributed by atoms with Crippen molar-refractivity contribution in [2.75, 3.05) is 0 Å². The highest BCUT2D eigenvalue weighted by molar-refractivity contribution is 6.31. The zero-order chi connectivity index (χ0) is 13.8. The molecule has 0 saturated heterocycles. The summed E-state index contributed by atoms with van der Waals surface area (Å²) < 4.78 is 18.7. The summed E-state index contributed by atoms with van der Waals surface area (Å²) in [6.07, 6.45) is -0.376. The molecular weight excluding hydrogens is 265 g/mol. The van der Waals surface area contributed by atoms with Crippen LogP contribution in [0.25, 0.3) is 0 Å². The lowest BCUT2D eigenvalue weighted by Gasteiger charge is -2.23. The van der Waals surface area contributed by atoms with Crippen LogP contribution in [0.5, 0.6) is 5.75 Å². The number of benzene rings is 2. The largest absolute Gasteiger partial charge is 0.484 e. The molecule has 0 aliphatic carbocycles. The van der Waals surface area contributed by atoms with E-state index in [2.05, 4.69) is 0 Å². The van der Waals surface area contributed by atoms with Gasteiger partial charge in [0, 0.05) is 16.6 Å². The number of rotatable bonds is 4. The molecule has 2 atom stereocenters. The Labute approximate surface area is 117 Å². The molecular formula is C15H15ClFNO. The molecule has 4 heteroatoms. The first-order valence-corrected chi connectivity index (χ1v) is 6.38. The molecule has 0 aliphatic rings. The normalized spacial score (nSPS) is 13.9. The van der Waals surface area contributed by atoms with Crippen LogP contribution in [-0.4, -0.2) is 6.04 Å². The van der Waals surface area contributed by atoms with Crippen LogP contribution < -0.4 is 10.5 Å². The first-order valence-electron chi connectivity index (χ1n) is 6.00. The molecule has 2 aromatic carbocycles. The van der Waals surface area contributed by atoms with Crippen LogP contribution in [0.1, 0.15) is 18.6 Å². The maximum atomic E-state index is 12.9. The highest BCUT2D eigenvalue weighted by Gasteiger charge is 2.20. The van der Waals surface area contributed by atoms with Gasteiger partial charge >= 0.3 is 0 Å². The summed E-state index contributed by atoms with van der Waals surface area (Å²) in [6.45, 7) is 1.84. The molecule has 0 fully saturated rings. The molecule has 19 heavy (non-hydrogen) atoms. The van der Waals surface area contributed by atoms with Gasteiger partial charge in [-0.15, -0.1) is 0 Å². The van der Waals surface area contributed by atoms with Gasteiger partial charge in [0.2, 0.25) is 0 Å². The van der Waals surface area contributed by atoms with E-state index in [0.29, 0.717) is 10.8 Å². The van der Waals surface area contributed by atoms with Gasteiger partial charge in [-0.1, -0.05) is 29.8 Å². The van der Waals surface area contributed by atoms with Crippen molar-refractivity contribution in [1.29, 1.82) is 0 Å². The zero-order valence-electron chi connectivity index (χ0n) is 10.5. The van der Waals surface area contributed by atoms with E-state index >= 15 is 0 Å². The average Bonchev–Trinajstić information content (AvgIpc) is 2.39. The van der Waals surface area contributed by atoms with Gasteiger partial charge in [-0.3, -0.25) is 0 Å². The lowest BCUT2D eigenvalue weighted by Crippen LogP contribution is -2.29. The van der Waals surface area contributed by atoms with E-state index in [0.717, 1.165) is 5.56 Å². The van der Waals surface area contributed by atoms with E-state index in [1.807, 2.05) is 25.1 Å². The molecule has 2 unspecified atom stereocenters. The molecule has 0 saturated carbocycles. The van der Waals surface area contributed by atoms with Gasteiger partial charge in [0.1, 0.15) is 17.7 Å². The number of hydrogen-bond donors (Lipinski definition) is 1. The Morgan fingerprint density at radius 3 is 2.32 bits per heavy atom. The van der Waals surface area contributed by atoms with Crippen LogP contribution in [0, 0.1) is 5.82 Å². The van der Waals surface area contributed by atoms with Crippen molar-refractivity contribution >= 4 is 11.6 Å². The Balaban J connectivity index is 2.27. The SMILES string of the molecule is CC(N)C(Oc1ccc(F)cc1)c1ccccc1Cl. The molecule has 0 bridgehead atoms. The van der Waals surface area contributed by atoms with Gasteiger partial charge in [-0.2, -0.15) is 0 Å². The molecule has 0 aromatic heterocycles. The first-order chi connectivity index (χ1) is 9.08. The maximum absolute atomic E-state index is 12.9. The Morgan fingerprint density at radius 2 is 1.74 bits per heavy atom. The van der Waals surface area contributed by atoms with Crippen LogP contribution in [0.3, 0.4) is 0 Å². The summed E-state index contributed by atoms with van der Waals surface area (Å²) in [4.78, 5) is 0. The topological polar surface area (TPSA) is 35.2 Å². The van der Waals surface area contributed by atoms with Crippen LogP contribution in [0.2, 0.25) is 5.02 Å². The maximum Gasteiger partial charge on any atom is 0.140 e. The van der Waals surface area contributed by atoms with Crippen LogP contribution in [0.15, 0.2) is 48.5 Å². The Hall–Kier alpha value is -1.58. The minimum Gasteiger partial charge on any atom is -0.484 e. The van der Waals surface area contributed by atoms with Crippen molar-refractivity contribution in [3.8, 4) is 5.75 Å². The minimum atomic E-state index is -0.376. The third-order valence-corrected chi connectivity index (χ3v) is 3.11. The van der Waals surface area contributed by atoms with Crippen molar-refractivity contribution < 1.29 is 9.13 Å². The fourth-order valence-electron chi connectivity index (χ4n) is 1.82. The lowest BCUT2D eigenvalue weighted by molar-refractivity contribution is 0.180. The Kier molecular flexibility index (Phi) is 4.40. The van der Waals surface area contributed by atoms with Gasteiger partial charge < -0.3 is 10.5 Å². The monoisotopic (exact) mass is 279 g/mol. The smallest absolute Gasteiger partial charge is 0.140 e. The van der Waals surface area contributed by atoms with E-state index in [-0.39, 0.29) is 18.0 Å².